The molecule has 2 amide bonds. The Morgan fingerprint density at radius 1 is 0.943 bits per heavy atom. The molecule has 3 aromatic rings. The number of halogens is 2. The van der Waals surface area contributed by atoms with Gasteiger partial charge in [-0.15, -0.1) is 0 Å². The summed E-state index contributed by atoms with van der Waals surface area (Å²) in [6.07, 6.45) is 0. The third-order valence-corrected chi connectivity index (χ3v) is 5.10. The van der Waals surface area contributed by atoms with Gasteiger partial charge in [0.05, 0.1) is 25.6 Å². The SMILES string of the molecule is COc1ccc(Cl)cc1NC(=O)C(=O)N/N=C(\C)c1ccc(OCc2ccccc2F)c(OC)c1. The molecule has 0 saturated heterocycles. The van der Waals surface area contributed by atoms with Crippen molar-refractivity contribution in [1.82, 2.24) is 5.43 Å². The summed E-state index contributed by atoms with van der Waals surface area (Å²) >= 11 is 5.94. The number of ether oxygens (including phenoxy) is 3. The van der Waals surface area contributed by atoms with Crippen LogP contribution < -0.4 is 25.0 Å². The molecule has 0 aliphatic heterocycles. The molecule has 0 atom stereocenters. The predicted octanol–water partition coefficient (Wildman–Crippen LogP) is 4.55. The van der Waals surface area contributed by atoms with E-state index in [1.807, 2.05) is 0 Å². The Balaban J connectivity index is 1.65. The van der Waals surface area contributed by atoms with E-state index in [1.54, 1.807) is 55.5 Å². The number of rotatable bonds is 8. The van der Waals surface area contributed by atoms with Crippen molar-refractivity contribution in [2.24, 2.45) is 5.10 Å². The van der Waals surface area contributed by atoms with Crippen LogP contribution in [0.25, 0.3) is 0 Å². The van der Waals surface area contributed by atoms with Gasteiger partial charge in [-0.2, -0.15) is 5.10 Å². The number of benzene rings is 3. The monoisotopic (exact) mass is 499 g/mol. The molecular weight excluding hydrogens is 477 g/mol. The molecule has 0 aliphatic rings. The molecule has 0 aliphatic carbocycles. The number of hydrazone groups is 1. The lowest BCUT2D eigenvalue weighted by atomic mass is 10.1. The zero-order valence-corrected chi connectivity index (χ0v) is 20.0. The maximum absolute atomic E-state index is 13.8. The van der Waals surface area contributed by atoms with Crippen LogP contribution in [-0.2, 0) is 16.2 Å². The van der Waals surface area contributed by atoms with Crippen LogP contribution in [0, 0.1) is 5.82 Å². The zero-order valence-electron chi connectivity index (χ0n) is 19.2. The van der Waals surface area contributed by atoms with E-state index < -0.39 is 11.8 Å². The van der Waals surface area contributed by atoms with E-state index in [0.29, 0.717) is 39.1 Å². The average Bonchev–Trinajstić information content (AvgIpc) is 2.86. The van der Waals surface area contributed by atoms with E-state index in [1.165, 1.54) is 26.4 Å². The summed E-state index contributed by atoms with van der Waals surface area (Å²) in [5, 5.41) is 6.78. The normalized spacial score (nSPS) is 10.9. The van der Waals surface area contributed by atoms with Gasteiger partial charge in [-0.05, 0) is 49.4 Å². The second kappa shape index (κ2) is 11.8. The average molecular weight is 500 g/mol. The van der Waals surface area contributed by atoms with Crippen molar-refractivity contribution in [2.45, 2.75) is 13.5 Å². The third kappa shape index (κ3) is 6.70. The fourth-order valence-corrected chi connectivity index (χ4v) is 3.16. The number of carbonyl (C=O) groups is 2. The fourth-order valence-electron chi connectivity index (χ4n) is 2.99. The van der Waals surface area contributed by atoms with Gasteiger partial charge in [0.1, 0.15) is 18.2 Å². The molecule has 3 rings (SSSR count). The number of carbonyl (C=O) groups excluding carboxylic acids is 2. The number of nitrogens with zero attached hydrogens (tertiary/aromatic N) is 1. The summed E-state index contributed by atoms with van der Waals surface area (Å²) < 4.78 is 30.0. The molecule has 10 heteroatoms. The number of methoxy groups -OCH3 is 2. The van der Waals surface area contributed by atoms with E-state index in [-0.39, 0.29) is 18.1 Å². The van der Waals surface area contributed by atoms with E-state index in [0.717, 1.165) is 0 Å². The second-order valence-corrected chi connectivity index (χ2v) is 7.62. The Hall–Kier alpha value is -4.11. The molecule has 182 valence electrons. The largest absolute Gasteiger partial charge is 0.495 e. The van der Waals surface area contributed by atoms with Crippen molar-refractivity contribution >= 4 is 34.8 Å². The fraction of sp³-hybridized carbons (Fsp3) is 0.160. The number of nitrogens with one attached hydrogen (secondary N) is 2. The Kier molecular flexibility index (Phi) is 8.63. The quantitative estimate of drug-likeness (QED) is 0.269. The van der Waals surface area contributed by atoms with Crippen LogP contribution in [-0.4, -0.2) is 31.7 Å². The number of anilines is 1. The Morgan fingerprint density at radius 3 is 2.37 bits per heavy atom. The zero-order chi connectivity index (χ0) is 25.4. The van der Waals surface area contributed by atoms with Gasteiger partial charge in [-0.25, -0.2) is 9.82 Å². The van der Waals surface area contributed by atoms with Crippen molar-refractivity contribution in [3.05, 3.63) is 82.6 Å². The number of hydrogen-bond donors (Lipinski definition) is 2. The highest BCUT2D eigenvalue weighted by molar-refractivity contribution is 6.40. The molecule has 0 aromatic heterocycles. The van der Waals surface area contributed by atoms with Gasteiger partial charge >= 0.3 is 11.8 Å². The summed E-state index contributed by atoms with van der Waals surface area (Å²) in [7, 11) is 2.90. The highest BCUT2D eigenvalue weighted by Crippen LogP contribution is 2.30. The van der Waals surface area contributed by atoms with Crippen LogP contribution in [0.15, 0.2) is 65.8 Å². The summed E-state index contributed by atoms with van der Waals surface area (Å²) in [5.74, 6) is -1.14. The first kappa shape index (κ1) is 25.5. The molecule has 0 fully saturated rings. The standard InChI is InChI=1S/C25H23ClFN3O5/c1-15(29-30-25(32)24(31)28-20-13-18(26)9-11-21(20)33-2)16-8-10-22(23(12-16)34-3)35-14-17-6-4-5-7-19(17)27/h4-13H,14H2,1-3H3,(H,28,31)(H,30,32)/b29-15+. The molecule has 2 N–H and O–H groups in total. The van der Waals surface area contributed by atoms with Crippen LogP contribution in [0.2, 0.25) is 5.02 Å². The van der Waals surface area contributed by atoms with Crippen molar-refractivity contribution in [3.8, 4) is 17.2 Å². The lowest BCUT2D eigenvalue weighted by Gasteiger charge is -2.13. The molecule has 0 bridgehead atoms. The van der Waals surface area contributed by atoms with Crippen LogP contribution in [0.4, 0.5) is 10.1 Å². The highest BCUT2D eigenvalue weighted by Gasteiger charge is 2.16. The topological polar surface area (TPSA) is 98.2 Å². The third-order valence-electron chi connectivity index (χ3n) is 4.86. The Morgan fingerprint density at radius 2 is 1.66 bits per heavy atom. The second-order valence-electron chi connectivity index (χ2n) is 7.18. The first-order chi connectivity index (χ1) is 16.8. The van der Waals surface area contributed by atoms with Gasteiger partial charge in [-0.1, -0.05) is 29.8 Å². The van der Waals surface area contributed by atoms with Crippen molar-refractivity contribution in [2.75, 3.05) is 19.5 Å². The van der Waals surface area contributed by atoms with Gasteiger partial charge in [-0.3, -0.25) is 9.59 Å². The molecule has 35 heavy (non-hydrogen) atoms. The number of hydrogen-bond acceptors (Lipinski definition) is 6. The molecular formula is C25H23ClFN3O5. The summed E-state index contributed by atoms with van der Waals surface area (Å²) in [6, 6.07) is 15.9. The van der Waals surface area contributed by atoms with Crippen LogP contribution in [0.1, 0.15) is 18.1 Å². The minimum absolute atomic E-state index is 0.0258. The smallest absolute Gasteiger partial charge is 0.329 e. The van der Waals surface area contributed by atoms with Gasteiger partial charge in [0.15, 0.2) is 11.5 Å². The molecule has 0 unspecified atom stereocenters. The van der Waals surface area contributed by atoms with Gasteiger partial charge < -0.3 is 19.5 Å². The Bertz CT molecular complexity index is 1270. The molecule has 3 aromatic carbocycles. The maximum atomic E-state index is 13.8. The summed E-state index contributed by atoms with van der Waals surface area (Å²) in [4.78, 5) is 24.5. The van der Waals surface area contributed by atoms with E-state index in [9.17, 15) is 14.0 Å². The lowest BCUT2D eigenvalue weighted by molar-refractivity contribution is -0.136. The highest BCUT2D eigenvalue weighted by atomic mass is 35.5. The summed E-state index contributed by atoms with van der Waals surface area (Å²) in [6.45, 7) is 1.67. The van der Waals surface area contributed by atoms with E-state index in [4.69, 9.17) is 25.8 Å². The number of amides is 2. The predicted molar refractivity (Wildman–Crippen MR) is 131 cm³/mol. The van der Waals surface area contributed by atoms with Crippen LogP contribution >= 0.6 is 11.6 Å². The Labute approximate surface area is 206 Å². The molecule has 0 saturated carbocycles. The minimum atomic E-state index is -0.983. The van der Waals surface area contributed by atoms with Gasteiger partial charge in [0.2, 0.25) is 0 Å². The molecule has 0 spiro atoms. The van der Waals surface area contributed by atoms with Crippen LogP contribution in [0.3, 0.4) is 0 Å². The lowest BCUT2D eigenvalue weighted by Crippen LogP contribution is -2.33. The van der Waals surface area contributed by atoms with E-state index in [2.05, 4.69) is 15.8 Å². The first-order valence-corrected chi connectivity index (χ1v) is 10.7. The summed E-state index contributed by atoms with van der Waals surface area (Å²) in [5.41, 5.74) is 3.88. The molecule has 0 radical (unpaired) electrons. The van der Waals surface area contributed by atoms with Gasteiger partial charge in [0.25, 0.3) is 0 Å². The maximum Gasteiger partial charge on any atom is 0.329 e. The van der Waals surface area contributed by atoms with Crippen LogP contribution in [0.5, 0.6) is 17.2 Å². The van der Waals surface area contributed by atoms with Crippen molar-refractivity contribution in [3.63, 3.8) is 0 Å². The molecule has 8 nitrogen and oxygen atoms in total. The van der Waals surface area contributed by atoms with Crippen molar-refractivity contribution in [1.29, 1.82) is 0 Å². The van der Waals surface area contributed by atoms with Gasteiger partial charge in [0, 0.05) is 16.1 Å². The molecule has 0 heterocycles. The van der Waals surface area contributed by atoms with E-state index >= 15 is 0 Å². The minimum Gasteiger partial charge on any atom is -0.495 e. The first-order valence-electron chi connectivity index (χ1n) is 10.4. The van der Waals surface area contributed by atoms with Crippen molar-refractivity contribution < 1.29 is 28.2 Å².